The van der Waals surface area contributed by atoms with E-state index in [-0.39, 0.29) is 11.3 Å². The molecule has 2 N–H and O–H groups in total. The summed E-state index contributed by atoms with van der Waals surface area (Å²) in [5, 5.41) is 27.3. The first-order chi connectivity index (χ1) is 8.19. The average Bonchev–Trinajstić information content (AvgIpc) is 2.68. The second-order valence-corrected chi connectivity index (χ2v) is 3.57. The van der Waals surface area contributed by atoms with Gasteiger partial charge in [-0.3, -0.25) is 0 Å². The van der Waals surface area contributed by atoms with Crippen molar-refractivity contribution < 1.29 is 10.2 Å². The lowest BCUT2D eigenvalue weighted by atomic mass is 10.2. The van der Waals surface area contributed by atoms with Gasteiger partial charge in [0.15, 0.2) is 5.82 Å². The van der Waals surface area contributed by atoms with Gasteiger partial charge in [-0.15, -0.1) is 0 Å². The quantitative estimate of drug-likeness (QED) is 0.601. The Morgan fingerprint density at radius 1 is 1.47 bits per heavy atom. The Labute approximate surface area is 97.9 Å². The zero-order chi connectivity index (χ0) is 12.4. The summed E-state index contributed by atoms with van der Waals surface area (Å²) in [4.78, 5) is 4.26. The van der Waals surface area contributed by atoms with Crippen LogP contribution in [0, 0.1) is 11.3 Å². The molecular weight excluding hydrogens is 218 g/mol. The number of aliphatic hydroxyl groups excluding tert-OH is 2. The number of allylic oxidation sites excluding steroid dienone is 1. The van der Waals surface area contributed by atoms with E-state index in [0.29, 0.717) is 5.82 Å². The Morgan fingerprint density at radius 2 is 2.18 bits per heavy atom. The van der Waals surface area contributed by atoms with Gasteiger partial charge in [0.1, 0.15) is 24.0 Å². The molecule has 5 heteroatoms. The molecule has 1 aromatic heterocycles. The lowest BCUT2D eigenvalue weighted by Crippen LogP contribution is -2.01. The summed E-state index contributed by atoms with van der Waals surface area (Å²) in [6, 6.07) is 9.27. The highest BCUT2D eigenvalue weighted by Crippen LogP contribution is 2.21. The molecular formula is C12H11N3O2. The number of aliphatic hydroxyl groups is 2. The second kappa shape index (κ2) is 4.28. The summed E-state index contributed by atoms with van der Waals surface area (Å²) in [6.07, 6.45) is 0. The molecule has 5 nitrogen and oxygen atoms in total. The number of hydrogen-bond acceptors (Lipinski definition) is 4. The van der Waals surface area contributed by atoms with Crippen molar-refractivity contribution in [3.05, 3.63) is 35.8 Å². The summed E-state index contributed by atoms with van der Waals surface area (Å²) in [5.41, 5.74) is 1.59. The van der Waals surface area contributed by atoms with Gasteiger partial charge in [0, 0.05) is 7.05 Å². The highest BCUT2D eigenvalue weighted by atomic mass is 16.3. The normalized spacial score (nSPS) is 12.3. The van der Waals surface area contributed by atoms with Crippen LogP contribution in [0.1, 0.15) is 5.82 Å². The molecule has 17 heavy (non-hydrogen) atoms. The highest BCUT2D eigenvalue weighted by molar-refractivity contribution is 5.83. The molecule has 0 radical (unpaired) electrons. The Kier molecular flexibility index (Phi) is 2.81. The number of fused-ring (bicyclic) bond motifs is 1. The van der Waals surface area contributed by atoms with Gasteiger partial charge in [-0.05, 0) is 12.1 Å². The standard InChI is InChI=1S/C12H11N3O2/c1-15-10-5-3-2-4-9(10)14-12(15)8(6-13)11(17)7-16/h2-5,16-17H,7H2,1H3/b11-8+. The van der Waals surface area contributed by atoms with Gasteiger partial charge >= 0.3 is 0 Å². The number of imidazole rings is 1. The first kappa shape index (κ1) is 11.2. The van der Waals surface area contributed by atoms with E-state index in [0.717, 1.165) is 11.0 Å². The predicted molar refractivity (Wildman–Crippen MR) is 63.0 cm³/mol. The van der Waals surface area contributed by atoms with Gasteiger partial charge < -0.3 is 14.8 Å². The Hall–Kier alpha value is -2.32. The third kappa shape index (κ3) is 1.75. The smallest absolute Gasteiger partial charge is 0.155 e. The number of para-hydroxylation sites is 2. The highest BCUT2D eigenvalue weighted by Gasteiger charge is 2.15. The first-order valence-electron chi connectivity index (χ1n) is 5.04. The third-order valence-electron chi connectivity index (χ3n) is 2.56. The first-order valence-corrected chi connectivity index (χ1v) is 5.04. The zero-order valence-corrected chi connectivity index (χ0v) is 9.25. The van der Waals surface area contributed by atoms with E-state index >= 15 is 0 Å². The van der Waals surface area contributed by atoms with Gasteiger partial charge in [0.05, 0.1) is 11.0 Å². The fourth-order valence-electron chi connectivity index (χ4n) is 1.69. The Morgan fingerprint density at radius 3 is 2.76 bits per heavy atom. The summed E-state index contributed by atoms with van der Waals surface area (Å²) in [6.45, 7) is -0.577. The van der Waals surface area contributed by atoms with Crippen molar-refractivity contribution in [1.29, 1.82) is 5.26 Å². The fourth-order valence-corrected chi connectivity index (χ4v) is 1.69. The van der Waals surface area contributed by atoms with Crippen molar-refractivity contribution in [2.45, 2.75) is 0 Å². The maximum Gasteiger partial charge on any atom is 0.155 e. The maximum absolute atomic E-state index is 9.47. The number of nitrogens with zero attached hydrogens (tertiary/aromatic N) is 3. The van der Waals surface area contributed by atoms with Gasteiger partial charge in [0.2, 0.25) is 0 Å². The number of nitriles is 1. The van der Waals surface area contributed by atoms with Crippen LogP contribution in [0.25, 0.3) is 16.6 Å². The molecule has 2 rings (SSSR count). The molecule has 0 aliphatic rings. The van der Waals surface area contributed by atoms with Crippen LogP contribution in [0.3, 0.4) is 0 Å². The van der Waals surface area contributed by atoms with Crippen LogP contribution < -0.4 is 0 Å². The van der Waals surface area contributed by atoms with Crippen LogP contribution in [0.15, 0.2) is 30.0 Å². The van der Waals surface area contributed by atoms with Gasteiger partial charge in [-0.1, -0.05) is 12.1 Å². The van der Waals surface area contributed by atoms with Gasteiger partial charge in [-0.25, -0.2) is 4.98 Å². The number of aromatic nitrogens is 2. The minimum atomic E-state index is -0.577. The molecule has 0 fully saturated rings. The van der Waals surface area contributed by atoms with Crippen LogP contribution in [0.2, 0.25) is 0 Å². The predicted octanol–water partition coefficient (Wildman–Crippen LogP) is 1.36. The van der Waals surface area contributed by atoms with E-state index in [9.17, 15) is 5.11 Å². The topological polar surface area (TPSA) is 82.1 Å². The molecule has 0 atom stereocenters. The van der Waals surface area contributed by atoms with Crippen LogP contribution in [0.4, 0.5) is 0 Å². The molecule has 86 valence electrons. The van der Waals surface area contributed by atoms with E-state index in [1.807, 2.05) is 30.3 Å². The van der Waals surface area contributed by atoms with E-state index < -0.39 is 6.61 Å². The summed E-state index contributed by atoms with van der Waals surface area (Å²) < 4.78 is 1.71. The number of benzene rings is 1. The largest absolute Gasteiger partial charge is 0.508 e. The molecule has 2 aromatic rings. The van der Waals surface area contributed by atoms with E-state index in [4.69, 9.17) is 10.4 Å². The summed E-state index contributed by atoms with van der Waals surface area (Å²) >= 11 is 0. The number of hydrogen-bond donors (Lipinski definition) is 2. The monoisotopic (exact) mass is 229 g/mol. The Bertz CT molecular complexity index is 635. The van der Waals surface area contributed by atoms with Crippen molar-refractivity contribution >= 4 is 16.6 Å². The van der Waals surface area contributed by atoms with Crippen LogP contribution in [-0.4, -0.2) is 26.4 Å². The van der Waals surface area contributed by atoms with Crippen molar-refractivity contribution in [2.24, 2.45) is 7.05 Å². The molecule has 0 saturated heterocycles. The van der Waals surface area contributed by atoms with Crippen molar-refractivity contribution in [3.63, 3.8) is 0 Å². The molecule has 1 aromatic carbocycles. The molecule has 0 spiro atoms. The molecule has 0 unspecified atom stereocenters. The van der Waals surface area contributed by atoms with E-state index in [1.165, 1.54) is 0 Å². The van der Waals surface area contributed by atoms with Gasteiger partial charge in [-0.2, -0.15) is 5.26 Å². The summed E-state index contributed by atoms with van der Waals surface area (Å²) in [7, 11) is 1.76. The van der Waals surface area contributed by atoms with E-state index in [2.05, 4.69) is 4.98 Å². The summed E-state index contributed by atoms with van der Waals surface area (Å²) in [5.74, 6) is -0.0221. The Balaban J connectivity index is 2.72. The van der Waals surface area contributed by atoms with Crippen LogP contribution >= 0.6 is 0 Å². The van der Waals surface area contributed by atoms with Crippen molar-refractivity contribution in [2.75, 3.05) is 6.61 Å². The second-order valence-electron chi connectivity index (χ2n) is 3.57. The van der Waals surface area contributed by atoms with Crippen LogP contribution in [0.5, 0.6) is 0 Å². The lowest BCUT2D eigenvalue weighted by molar-refractivity contribution is 0.255. The van der Waals surface area contributed by atoms with Crippen molar-refractivity contribution in [3.8, 4) is 6.07 Å². The minimum absolute atomic E-state index is 0.00815. The lowest BCUT2D eigenvalue weighted by Gasteiger charge is -2.02. The molecule has 1 heterocycles. The molecule has 0 aliphatic heterocycles. The number of rotatable bonds is 2. The molecule has 0 saturated carbocycles. The SMILES string of the molecule is Cn1c(/C(C#N)=C(/O)CO)nc2ccccc21. The molecule has 0 aliphatic carbocycles. The molecule has 0 amide bonds. The maximum atomic E-state index is 9.47. The van der Waals surface area contributed by atoms with Crippen LogP contribution in [-0.2, 0) is 7.05 Å². The molecule has 0 bridgehead atoms. The third-order valence-corrected chi connectivity index (χ3v) is 2.56. The fraction of sp³-hybridized carbons (Fsp3) is 0.167. The number of aryl methyl sites for hydroxylation is 1. The van der Waals surface area contributed by atoms with Crippen molar-refractivity contribution in [1.82, 2.24) is 9.55 Å². The average molecular weight is 229 g/mol. The minimum Gasteiger partial charge on any atom is -0.508 e. The zero-order valence-electron chi connectivity index (χ0n) is 9.25. The van der Waals surface area contributed by atoms with E-state index in [1.54, 1.807) is 11.6 Å². The van der Waals surface area contributed by atoms with Gasteiger partial charge in [0.25, 0.3) is 0 Å².